The van der Waals surface area contributed by atoms with Crippen molar-refractivity contribution in [2.45, 2.75) is 135 Å². The molecule has 0 spiro atoms. The summed E-state index contributed by atoms with van der Waals surface area (Å²) in [5.41, 5.74) is 0.940. The summed E-state index contributed by atoms with van der Waals surface area (Å²) < 4.78 is 10.9. The number of morpholine rings is 1. The van der Waals surface area contributed by atoms with Crippen LogP contribution in [-0.4, -0.2) is 104 Å². The number of nitrogens with zero attached hydrogens (tertiary/aromatic N) is 1. The molecule has 2 aliphatic rings. The van der Waals surface area contributed by atoms with E-state index in [0.29, 0.717) is 38.7 Å². The molecule has 12 heteroatoms. The third-order valence-electron chi connectivity index (χ3n) is 10.9. The molecule has 4 unspecified atom stereocenters. The summed E-state index contributed by atoms with van der Waals surface area (Å²) in [6.45, 7) is 14.6. The van der Waals surface area contributed by atoms with Crippen LogP contribution in [0.15, 0.2) is 60.7 Å². The van der Waals surface area contributed by atoms with E-state index in [1.165, 1.54) is 0 Å². The molecule has 0 saturated carbocycles. The van der Waals surface area contributed by atoms with Crippen LogP contribution < -0.4 is 21.3 Å². The van der Waals surface area contributed by atoms with Crippen LogP contribution in [0.3, 0.4) is 0 Å². The van der Waals surface area contributed by atoms with Crippen LogP contribution in [0, 0.1) is 11.8 Å². The van der Waals surface area contributed by atoms with Crippen molar-refractivity contribution in [3.05, 3.63) is 71.8 Å². The number of amides is 4. The minimum atomic E-state index is -1.02. The molecular weight excluding hydrogens is 735 g/mol. The number of rotatable bonds is 26. The largest absolute Gasteiger partial charge is 0.379 e. The second-order valence-electron chi connectivity index (χ2n) is 17.1. The molecule has 12 nitrogen and oxygen atoms in total. The maximum absolute atomic E-state index is 14.2. The first-order valence-corrected chi connectivity index (χ1v) is 21.6. The molecule has 58 heavy (non-hydrogen) atoms. The minimum absolute atomic E-state index is 0.0241. The smallest absolute Gasteiger partial charge is 0.243 e. The van der Waals surface area contributed by atoms with Crippen molar-refractivity contribution < 1.29 is 33.4 Å². The Labute approximate surface area is 346 Å². The minimum Gasteiger partial charge on any atom is -0.379 e. The van der Waals surface area contributed by atoms with E-state index >= 15 is 0 Å². The highest BCUT2D eigenvalue weighted by molar-refractivity contribution is 5.98. The number of carbonyl (C=O) groups excluding carboxylic acids is 5. The molecule has 0 radical (unpaired) electrons. The number of nitrogens with one attached hydrogen (secondary N) is 4. The number of benzene rings is 2. The highest BCUT2D eigenvalue weighted by Gasteiger charge is 2.50. The molecule has 4 amide bonds. The average Bonchev–Trinajstić information content (AvgIpc) is 3.96. The number of epoxide rings is 1. The lowest BCUT2D eigenvalue weighted by Gasteiger charge is -2.28. The Morgan fingerprint density at radius 1 is 0.655 bits per heavy atom. The fourth-order valence-electron chi connectivity index (χ4n) is 7.37. The van der Waals surface area contributed by atoms with Crippen molar-refractivity contribution in [1.29, 1.82) is 0 Å². The number of hydrogen-bond donors (Lipinski definition) is 4. The van der Waals surface area contributed by atoms with Crippen molar-refractivity contribution in [2.24, 2.45) is 11.8 Å². The maximum Gasteiger partial charge on any atom is 0.243 e. The van der Waals surface area contributed by atoms with Crippen LogP contribution in [-0.2, 0) is 46.3 Å². The number of hydrogen-bond acceptors (Lipinski definition) is 8. The highest BCUT2D eigenvalue weighted by atomic mass is 16.6. The zero-order chi connectivity index (χ0) is 41.9. The van der Waals surface area contributed by atoms with Gasteiger partial charge in [-0.2, -0.15) is 0 Å². The fraction of sp³-hybridized carbons (Fsp3) is 0.630. The summed E-state index contributed by atoms with van der Waals surface area (Å²) in [7, 11) is 0. The molecule has 2 aliphatic heterocycles. The quantitative estimate of drug-likeness (QED) is 0.0771. The molecular formula is C46H69N5O7. The van der Waals surface area contributed by atoms with Crippen LogP contribution in [0.2, 0.25) is 0 Å². The van der Waals surface area contributed by atoms with Gasteiger partial charge < -0.3 is 30.7 Å². The predicted octanol–water partition coefficient (Wildman–Crippen LogP) is 4.92. The number of ketones is 1. The molecule has 2 aromatic rings. The van der Waals surface area contributed by atoms with Crippen molar-refractivity contribution in [3.8, 4) is 0 Å². The number of carbonyl (C=O) groups is 5. The summed E-state index contributed by atoms with van der Waals surface area (Å²) in [6.07, 6.45) is 7.10. The van der Waals surface area contributed by atoms with Crippen LogP contribution in [0.4, 0.5) is 0 Å². The van der Waals surface area contributed by atoms with Gasteiger partial charge in [-0.15, -0.1) is 0 Å². The van der Waals surface area contributed by atoms with E-state index in [1.54, 1.807) is 6.92 Å². The number of Topliss-reactive ketones (excluding diaryl/α,β-unsaturated/α-hetero) is 1. The van der Waals surface area contributed by atoms with Gasteiger partial charge in [0.25, 0.3) is 0 Å². The van der Waals surface area contributed by atoms with Gasteiger partial charge in [-0.1, -0.05) is 108 Å². The van der Waals surface area contributed by atoms with Gasteiger partial charge >= 0.3 is 0 Å². The lowest BCUT2D eigenvalue weighted by atomic mass is 9.93. The molecule has 0 aliphatic carbocycles. The van der Waals surface area contributed by atoms with Crippen molar-refractivity contribution in [3.63, 3.8) is 0 Å². The number of ether oxygens (including phenoxy) is 2. The van der Waals surface area contributed by atoms with Gasteiger partial charge in [-0.3, -0.25) is 28.9 Å². The first-order valence-electron chi connectivity index (χ1n) is 21.6. The topological polar surface area (TPSA) is 158 Å². The summed E-state index contributed by atoms with van der Waals surface area (Å²) in [5, 5.41) is 11.8. The average molecular weight is 804 g/mol. The van der Waals surface area contributed by atoms with Gasteiger partial charge in [0.2, 0.25) is 23.6 Å². The Morgan fingerprint density at radius 3 is 1.79 bits per heavy atom. The van der Waals surface area contributed by atoms with Gasteiger partial charge in [0, 0.05) is 25.9 Å². The Kier molecular flexibility index (Phi) is 19.3. The summed E-state index contributed by atoms with van der Waals surface area (Å²) in [4.78, 5) is 71.3. The van der Waals surface area contributed by atoms with Crippen LogP contribution in [0.1, 0.15) is 104 Å². The molecule has 2 aromatic carbocycles. The molecule has 0 bridgehead atoms. The second-order valence-corrected chi connectivity index (χ2v) is 17.1. The van der Waals surface area contributed by atoms with E-state index in [4.69, 9.17) is 9.47 Å². The second kappa shape index (κ2) is 24.1. The Balaban J connectivity index is 1.41. The Morgan fingerprint density at radius 2 is 1.17 bits per heavy atom. The summed E-state index contributed by atoms with van der Waals surface area (Å²) >= 11 is 0. The van der Waals surface area contributed by atoms with Gasteiger partial charge in [0.1, 0.15) is 23.7 Å². The molecule has 2 saturated heterocycles. The lowest BCUT2D eigenvalue weighted by Crippen LogP contribution is -2.59. The molecule has 5 atom stereocenters. The molecule has 2 fully saturated rings. The highest BCUT2D eigenvalue weighted by Crippen LogP contribution is 2.29. The fourth-order valence-corrected chi connectivity index (χ4v) is 7.37. The standard InChI is InChI=1S/C46H69N5O7/c1-33(2)29-38(42(53)46(5)32-58-46)48-45(56)40(31-36-19-13-10-14-20-36)50-44(55)39(30-34(3)4)49-43(54)37(23-22-35-17-11-9-12-18-35)47-41(52)21-15-7-6-8-16-24-51-25-27-57-28-26-51/h9-14,17-20,33-34,37-40H,6-8,15-16,21-32H2,1-5H3,(H,47,52)(H,48,56)(H,49,54)(H,50,55)/t37?,38?,39?,40?,46-/m1/s1. The normalized spacial score (nSPS) is 18.8. The molecule has 0 aromatic heterocycles. The lowest BCUT2D eigenvalue weighted by molar-refractivity contribution is -0.135. The number of unbranched alkanes of at least 4 members (excludes halogenated alkanes) is 4. The molecule has 4 N–H and O–H groups in total. The maximum atomic E-state index is 14.2. The zero-order valence-corrected chi connectivity index (χ0v) is 35.6. The van der Waals surface area contributed by atoms with E-state index < -0.39 is 47.5 Å². The third kappa shape index (κ3) is 16.6. The van der Waals surface area contributed by atoms with E-state index in [2.05, 4.69) is 26.2 Å². The van der Waals surface area contributed by atoms with Gasteiger partial charge in [0.05, 0.1) is 25.9 Å². The van der Waals surface area contributed by atoms with E-state index in [9.17, 15) is 24.0 Å². The van der Waals surface area contributed by atoms with Crippen molar-refractivity contribution in [2.75, 3.05) is 39.5 Å². The number of aryl methyl sites for hydroxylation is 1. The molecule has 4 rings (SSSR count). The Bertz CT molecular complexity index is 1580. The first-order chi connectivity index (χ1) is 27.8. The first kappa shape index (κ1) is 46.6. The van der Waals surface area contributed by atoms with E-state index in [-0.39, 0.29) is 29.9 Å². The van der Waals surface area contributed by atoms with Crippen LogP contribution >= 0.6 is 0 Å². The third-order valence-corrected chi connectivity index (χ3v) is 10.9. The van der Waals surface area contributed by atoms with Crippen molar-refractivity contribution >= 4 is 29.4 Å². The van der Waals surface area contributed by atoms with E-state index in [1.807, 2.05) is 88.4 Å². The van der Waals surface area contributed by atoms with Gasteiger partial charge in [-0.05, 0) is 75.0 Å². The van der Waals surface area contributed by atoms with Crippen LogP contribution in [0.5, 0.6) is 0 Å². The van der Waals surface area contributed by atoms with Gasteiger partial charge in [0.15, 0.2) is 5.78 Å². The van der Waals surface area contributed by atoms with Gasteiger partial charge in [-0.25, -0.2) is 0 Å². The van der Waals surface area contributed by atoms with Crippen molar-refractivity contribution in [1.82, 2.24) is 26.2 Å². The molecule has 320 valence electrons. The van der Waals surface area contributed by atoms with E-state index in [0.717, 1.165) is 76.1 Å². The van der Waals surface area contributed by atoms with Crippen LogP contribution in [0.25, 0.3) is 0 Å². The predicted molar refractivity (Wildman–Crippen MR) is 226 cm³/mol. The monoisotopic (exact) mass is 804 g/mol. The Hall–Kier alpha value is -4.13. The summed E-state index contributed by atoms with van der Waals surface area (Å²) in [5.74, 6) is -1.68. The summed E-state index contributed by atoms with van der Waals surface area (Å²) in [6, 6.07) is 15.5. The SMILES string of the molecule is CC(C)CC(NC(=O)C(CCc1ccccc1)NC(=O)CCCCCCCN1CCOCC1)C(=O)NC(Cc1ccccc1)C(=O)NC(CC(C)C)C(=O)[C@@]1(C)CO1. The molecule has 2 heterocycles. The zero-order valence-electron chi connectivity index (χ0n) is 35.6.